The topological polar surface area (TPSA) is 12.9 Å². The van der Waals surface area contributed by atoms with Crippen molar-refractivity contribution in [1.82, 2.24) is 4.98 Å². The van der Waals surface area contributed by atoms with Crippen LogP contribution in [0.3, 0.4) is 0 Å². The van der Waals surface area contributed by atoms with Crippen LogP contribution in [0.2, 0.25) is 0 Å². The lowest BCUT2D eigenvalue weighted by molar-refractivity contribution is 0.975. The van der Waals surface area contributed by atoms with E-state index < -0.39 is 0 Å². The molecule has 1 aromatic heterocycles. The van der Waals surface area contributed by atoms with Gasteiger partial charge in [0.05, 0.1) is 11.4 Å². The Morgan fingerprint density at radius 3 is 2.21 bits per heavy atom. The SMILES string of the molecule is CC.CC.CC.Cc1ccccc1-c1ccc2c(n1)C=CC1CC21. The quantitative estimate of drug-likeness (QED) is 0.538. The maximum atomic E-state index is 4.83. The Kier molecular flexibility index (Phi) is 8.46. The minimum atomic E-state index is 0.753. The predicted molar refractivity (Wildman–Crippen MR) is 108 cm³/mol. The van der Waals surface area contributed by atoms with E-state index in [4.69, 9.17) is 4.98 Å². The highest BCUT2D eigenvalue weighted by Gasteiger charge is 2.39. The smallest absolute Gasteiger partial charge is 0.0712 e. The average molecular weight is 324 g/mol. The fourth-order valence-corrected chi connectivity index (χ4v) is 2.94. The second-order valence-corrected chi connectivity index (χ2v) is 5.35. The van der Waals surface area contributed by atoms with Gasteiger partial charge in [0.15, 0.2) is 0 Å². The van der Waals surface area contributed by atoms with Crippen LogP contribution in [-0.2, 0) is 0 Å². The van der Waals surface area contributed by atoms with E-state index >= 15 is 0 Å². The minimum Gasteiger partial charge on any atom is -0.248 e. The van der Waals surface area contributed by atoms with Crippen molar-refractivity contribution in [3.05, 3.63) is 59.3 Å². The minimum absolute atomic E-state index is 0.753. The van der Waals surface area contributed by atoms with Gasteiger partial charge in [0.25, 0.3) is 0 Å². The molecular formula is C23H33N. The third kappa shape index (κ3) is 4.35. The van der Waals surface area contributed by atoms with Crippen LogP contribution in [0.25, 0.3) is 17.3 Å². The second-order valence-electron chi connectivity index (χ2n) is 5.35. The predicted octanol–water partition coefficient (Wildman–Crippen LogP) is 7.27. The molecule has 0 amide bonds. The van der Waals surface area contributed by atoms with Gasteiger partial charge in [0.1, 0.15) is 0 Å². The standard InChI is InChI=1S/C17H15N.3C2H6/c1-11-4-2-3-5-13(11)16-9-7-14-15-10-12(15)6-8-17(14)18-16;3*1-2/h2-9,12,15H,10H2,1H3;3*1-2H3. The first-order chi connectivity index (χ1) is 11.8. The molecule has 2 atom stereocenters. The average Bonchev–Trinajstić information content (AvgIpc) is 3.47. The molecule has 130 valence electrons. The molecule has 0 bridgehead atoms. The molecule has 2 aliphatic carbocycles. The first kappa shape index (κ1) is 20.2. The fraction of sp³-hybridized carbons (Fsp3) is 0.435. The monoisotopic (exact) mass is 323 g/mol. The molecule has 1 aromatic carbocycles. The van der Waals surface area contributed by atoms with Gasteiger partial charge >= 0.3 is 0 Å². The van der Waals surface area contributed by atoms with Gasteiger partial charge in [-0.3, -0.25) is 0 Å². The van der Waals surface area contributed by atoms with Crippen molar-refractivity contribution in [1.29, 1.82) is 0 Å². The highest BCUT2D eigenvalue weighted by Crippen LogP contribution is 2.52. The normalized spacial score (nSPS) is 18.3. The summed E-state index contributed by atoms with van der Waals surface area (Å²) >= 11 is 0. The zero-order chi connectivity index (χ0) is 18.1. The van der Waals surface area contributed by atoms with Gasteiger partial charge in [-0.1, -0.05) is 78.0 Å². The molecule has 1 heterocycles. The molecule has 0 aliphatic heterocycles. The summed E-state index contributed by atoms with van der Waals surface area (Å²) in [5.41, 5.74) is 6.24. The summed E-state index contributed by atoms with van der Waals surface area (Å²) in [7, 11) is 0. The van der Waals surface area contributed by atoms with E-state index in [0.29, 0.717) is 0 Å². The van der Waals surface area contributed by atoms with Crippen LogP contribution >= 0.6 is 0 Å². The number of nitrogens with zero attached hydrogens (tertiary/aromatic N) is 1. The highest BCUT2D eigenvalue weighted by atomic mass is 14.7. The molecule has 2 unspecified atom stereocenters. The zero-order valence-corrected chi connectivity index (χ0v) is 16.4. The first-order valence-electron chi connectivity index (χ1n) is 9.58. The molecule has 2 aliphatic rings. The maximum absolute atomic E-state index is 4.83. The van der Waals surface area contributed by atoms with E-state index in [-0.39, 0.29) is 0 Å². The van der Waals surface area contributed by atoms with Gasteiger partial charge < -0.3 is 0 Å². The van der Waals surface area contributed by atoms with Crippen molar-refractivity contribution in [2.24, 2.45) is 5.92 Å². The van der Waals surface area contributed by atoms with Gasteiger partial charge in [-0.15, -0.1) is 0 Å². The Bertz CT molecular complexity index is 655. The van der Waals surface area contributed by atoms with Crippen LogP contribution in [0.1, 0.15) is 70.7 Å². The van der Waals surface area contributed by atoms with Crippen LogP contribution in [0.4, 0.5) is 0 Å². The van der Waals surface area contributed by atoms with Gasteiger partial charge in [-0.25, -0.2) is 4.98 Å². The van der Waals surface area contributed by atoms with Crippen molar-refractivity contribution in [3.8, 4) is 11.3 Å². The summed E-state index contributed by atoms with van der Waals surface area (Å²) in [5.74, 6) is 1.55. The number of rotatable bonds is 1. The molecule has 2 aromatic rings. The molecule has 0 saturated heterocycles. The van der Waals surface area contributed by atoms with E-state index in [9.17, 15) is 0 Å². The molecule has 1 saturated carbocycles. The molecule has 24 heavy (non-hydrogen) atoms. The highest BCUT2D eigenvalue weighted by molar-refractivity contribution is 5.67. The van der Waals surface area contributed by atoms with Gasteiger partial charge in [-0.2, -0.15) is 0 Å². The number of pyridine rings is 1. The molecular weight excluding hydrogens is 290 g/mol. The zero-order valence-electron chi connectivity index (χ0n) is 16.4. The number of aryl methyl sites for hydroxylation is 1. The number of aromatic nitrogens is 1. The van der Waals surface area contributed by atoms with Crippen molar-refractivity contribution in [2.75, 3.05) is 0 Å². The Hall–Kier alpha value is -1.89. The summed E-state index contributed by atoms with van der Waals surface area (Å²) in [6.07, 6.45) is 5.84. The lowest BCUT2D eigenvalue weighted by Crippen LogP contribution is -1.98. The van der Waals surface area contributed by atoms with Gasteiger partial charge in [-0.05, 0) is 48.4 Å². The Morgan fingerprint density at radius 2 is 1.54 bits per heavy atom. The van der Waals surface area contributed by atoms with E-state index in [0.717, 1.165) is 17.5 Å². The van der Waals surface area contributed by atoms with Crippen molar-refractivity contribution in [3.63, 3.8) is 0 Å². The van der Waals surface area contributed by atoms with Crippen LogP contribution in [0, 0.1) is 12.8 Å². The van der Waals surface area contributed by atoms with E-state index in [1.807, 2.05) is 41.5 Å². The number of hydrogen-bond donors (Lipinski definition) is 0. The van der Waals surface area contributed by atoms with E-state index in [1.54, 1.807) is 0 Å². The number of hydrogen-bond acceptors (Lipinski definition) is 1. The lowest BCUT2D eigenvalue weighted by atomic mass is 9.99. The molecule has 1 fully saturated rings. The summed E-state index contributed by atoms with van der Waals surface area (Å²) in [6.45, 7) is 14.1. The molecule has 0 radical (unpaired) electrons. The summed E-state index contributed by atoms with van der Waals surface area (Å²) in [6, 6.07) is 12.9. The lowest BCUT2D eigenvalue weighted by Gasteiger charge is -2.12. The number of allylic oxidation sites excluding steroid dienone is 1. The number of benzene rings is 1. The Morgan fingerprint density at radius 1 is 0.875 bits per heavy atom. The van der Waals surface area contributed by atoms with E-state index in [2.05, 4.69) is 55.5 Å². The van der Waals surface area contributed by atoms with E-state index in [1.165, 1.54) is 28.8 Å². The molecule has 0 spiro atoms. The summed E-state index contributed by atoms with van der Waals surface area (Å²) in [5, 5.41) is 0. The third-order valence-corrected chi connectivity index (χ3v) is 4.12. The molecule has 4 rings (SSSR count). The van der Waals surface area contributed by atoms with Crippen LogP contribution in [-0.4, -0.2) is 4.98 Å². The second kappa shape index (κ2) is 10.1. The summed E-state index contributed by atoms with van der Waals surface area (Å²) < 4.78 is 0. The van der Waals surface area contributed by atoms with Gasteiger partial charge in [0.2, 0.25) is 0 Å². The Labute approximate surface area is 148 Å². The van der Waals surface area contributed by atoms with Crippen LogP contribution in [0.5, 0.6) is 0 Å². The third-order valence-electron chi connectivity index (χ3n) is 4.12. The van der Waals surface area contributed by atoms with Crippen molar-refractivity contribution >= 4 is 6.08 Å². The Balaban J connectivity index is 0.000000436. The van der Waals surface area contributed by atoms with Crippen molar-refractivity contribution in [2.45, 2.75) is 60.8 Å². The fourth-order valence-electron chi connectivity index (χ4n) is 2.94. The van der Waals surface area contributed by atoms with Crippen LogP contribution < -0.4 is 0 Å². The number of fused-ring (bicyclic) bond motifs is 3. The van der Waals surface area contributed by atoms with Crippen molar-refractivity contribution < 1.29 is 0 Å². The maximum Gasteiger partial charge on any atom is 0.0712 e. The largest absolute Gasteiger partial charge is 0.248 e. The molecule has 1 nitrogen and oxygen atoms in total. The van der Waals surface area contributed by atoms with Gasteiger partial charge in [0, 0.05) is 5.56 Å². The molecule has 0 N–H and O–H groups in total. The molecule has 1 heteroatoms. The first-order valence-corrected chi connectivity index (χ1v) is 9.58. The summed E-state index contributed by atoms with van der Waals surface area (Å²) in [4.78, 5) is 4.83. The van der Waals surface area contributed by atoms with Crippen LogP contribution in [0.15, 0.2) is 42.5 Å².